The molecule has 0 aliphatic heterocycles. The highest BCUT2D eigenvalue weighted by molar-refractivity contribution is 4.85. The molecule has 0 radical (unpaired) electrons. The van der Waals surface area contributed by atoms with E-state index in [1.54, 1.807) is 0 Å². The van der Waals surface area contributed by atoms with Crippen molar-refractivity contribution in [3.8, 4) is 0 Å². The molecule has 0 aromatic heterocycles. The van der Waals surface area contributed by atoms with Crippen LogP contribution in [0.5, 0.6) is 0 Å². The van der Waals surface area contributed by atoms with Crippen LogP contribution >= 0.6 is 0 Å². The molecule has 1 rings (SSSR count). The SMILES string of the molecule is CC(C)CCCCCC[C@H]1CC[C@@H](C)C1N. The Morgan fingerprint density at radius 2 is 1.75 bits per heavy atom. The first kappa shape index (κ1) is 14.0. The molecule has 0 saturated heterocycles. The Hall–Kier alpha value is -0.0400. The summed E-state index contributed by atoms with van der Waals surface area (Å²) in [7, 11) is 0. The Morgan fingerprint density at radius 3 is 2.31 bits per heavy atom. The van der Waals surface area contributed by atoms with Crippen molar-refractivity contribution < 1.29 is 0 Å². The van der Waals surface area contributed by atoms with Gasteiger partial charge >= 0.3 is 0 Å². The van der Waals surface area contributed by atoms with Gasteiger partial charge in [0.1, 0.15) is 0 Å². The molecule has 1 nitrogen and oxygen atoms in total. The van der Waals surface area contributed by atoms with Crippen molar-refractivity contribution in [2.75, 3.05) is 0 Å². The third-order valence-electron chi connectivity index (χ3n) is 4.30. The minimum atomic E-state index is 0.496. The van der Waals surface area contributed by atoms with Gasteiger partial charge in [0.25, 0.3) is 0 Å². The lowest BCUT2D eigenvalue weighted by Crippen LogP contribution is -2.29. The van der Waals surface area contributed by atoms with Crippen molar-refractivity contribution in [1.29, 1.82) is 0 Å². The zero-order chi connectivity index (χ0) is 12.0. The van der Waals surface area contributed by atoms with Crippen LogP contribution < -0.4 is 5.73 Å². The summed E-state index contributed by atoms with van der Waals surface area (Å²) in [4.78, 5) is 0. The van der Waals surface area contributed by atoms with E-state index < -0.39 is 0 Å². The van der Waals surface area contributed by atoms with E-state index >= 15 is 0 Å². The first-order valence-corrected chi connectivity index (χ1v) is 7.37. The lowest BCUT2D eigenvalue weighted by molar-refractivity contribution is 0.388. The largest absolute Gasteiger partial charge is 0.327 e. The van der Waals surface area contributed by atoms with E-state index in [1.807, 2.05) is 0 Å². The fourth-order valence-electron chi connectivity index (χ4n) is 2.98. The molecule has 1 aliphatic rings. The summed E-state index contributed by atoms with van der Waals surface area (Å²) in [5.74, 6) is 2.48. The zero-order valence-electron chi connectivity index (χ0n) is 11.5. The van der Waals surface area contributed by atoms with E-state index in [1.165, 1.54) is 51.4 Å². The van der Waals surface area contributed by atoms with Crippen molar-refractivity contribution in [2.45, 2.75) is 78.2 Å². The molecule has 1 unspecified atom stereocenters. The molecule has 1 fully saturated rings. The van der Waals surface area contributed by atoms with Crippen LogP contribution in [0.2, 0.25) is 0 Å². The second-order valence-electron chi connectivity index (χ2n) is 6.28. The van der Waals surface area contributed by atoms with Crippen LogP contribution in [-0.4, -0.2) is 6.04 Å². The van der Waals surface area contributed by atoms with E-state index in [4.69, 9.17) is 5.73 Å². The van der Waals surface area contributed by atoms with Crippen LogP contribution in [0.3, 0.4) is 0 Å². The van der Waals surface area contributed by atoms with Crippen LogP contribution in [0.1, 0.15) is 72.1 Å². The highest BCUT2D eigenvalue weighted by Gasteiger charge is 2.29. The summed E-state index contributed by atoms with van der Waals surface area (Å²) < 4.78 is 0. The van der Waals surface area contributed by atoms with Crippen molar-refractivity contribution in [3.63, 3.8) is 0 Å². The predicted octanol–water partition coefficient (Wildman–Crippen LogP) is 4.36. The van der Waals surface area contributed by atoms with Crippen LogP contribution in [0.25, 0.3) is 0 Å². The van der Waals surface area contributed by atoms with Crippen molar-refractivity contribution in [1.82, 2.24) is 0 Å². The Kier molecular flexibility index (Phi) is 6.41. The molecule has 96 valence electrons. The number of nitrogens with two attached hydrogens (primary N) is 1. The Morgan fingerprint density at radius 1 is 1.06 bits per heavy atom. The topological polar surface area (TPSA) is 26.0 Å². The maximum atomic E-state index is 6.20. The highest BCUT2D eigenvalue weighted by Crippen LogP contribution is 2.33. The van der Waals surface area contributed by atoms with Gasteiger partial charge in [0.15, 0.2) is 0 Å². The quantitative estimate of drug-likeness (QED) is 0.640. The van der Waals surface area contributed by atoms with Crippen molar-refractivity contribution >= 4 is 0 Å². The van der Waals surface area contributed by atoms with Crippen LogP contribution in [0.15, 0.2) is 0 Å². The van der Waals surface area contributed by atoms with Gasteiger partial charge in [-0.2, -0.15) is 0 Å². The summed E-state index contributed by atoms with van der Waals surface area (Å²) in [6.45, 7) is 6.95. The summed E-state index contributed by atoms with van der Waals surface area (Å²) in [5.41, 5.74) is 6.20. The Balaban J connectivity index is 1.95. The fraction of sp³-hybridized carbons (Fsp3) is 1.00. The summed E-state index contributed by atoms with van der Waals surface area (Å²) in [6.07, 6.45) is 11.2. The third-order valence-corrected chi connectivity index (χ3v) is 4.30. The lowest BCUT2D eigenvalue weighted by Gasteiger charge is -2.17. The van der Waals surface area contributed by atoms with E-state index in [2.05, 4.69) is 20.8 Å². The van der Waals surface area contributed by atoms with Gasteiger partial charge in [0, 0.05) is 6.04 Å². The molecule has 1 saturated carbocycles. The maximum Gasteiger partial charge on any atom is 0.00930 e. The fourth-order valence-corrected chi connectivity index (χ4v) is 2.98. The number of hydrogen-bond acceptors (Lipinski definition) is 1. The van der Waals surface area contributed by atoms with E-state index in [-0.39, 0.29) is 0 Å². The van der Waals surface area contributed by atoms with Crippen LogP contribution in [0.4, 0.5) is 0 Å². The standard InChI is InChI=1S/C15H31N/c1-12(2)8-6-4-5-7-9-14-11-10-13(3)15(14)16/h12-15H,4-11,16H2,1-3H3/t13-,14+,15?/m1/s1. The minimum Gasteiger partial charge on any atom is -0.327 e. The highest BCUT2D eigenvalue weighted by atomic mass is 14.7. The first-order valence-electron chi connectivity index (χ1n) is 7.37. The molecule has 0 spiro atoms. The van der Waals surface area contributed by atoms with E-state index in [0.29, 0.717) is 6.04 Å². The third kappa shape index (κ3) is 4.86. The van der Waals surface area contributed by atoms with Gasteiger partial charge in [-0.25, -0.2) is 0 Å². The molecule has 0 aromatic carbocycles. The first-order chi connectivity index (χ1) is 7.61. The number of unbranched alkanes of at least 4 members (excludes halogenated alkanes) is 3. The monoisotopic (exact) mass is 225 g/mol. The second-order valence-corrected chi connectivity index (χ2v) is 6.28. The summed E-state index contributed by atoms with van der Waals surface area (Å²) >= 11 is 0. The van der Waals surface area contributed by atoms with Gasteiger partial charge in [-0.15, -0.1) is 0 Å². The molecule has 1 aliphatic carbocycles. The van der Waals surface area contributed by atoms with Gasteiger partial charge < -0.3 is 5.73 Å². The molecule has 0 aromatic rings. The molecule has 0 bridgehead atoms. The molecule has 2 N–H and O–H groups in total. The number of rotatable bonds is 7. The molecular weight excluding hydrogens is 194 g/mol. The molecule has 16 heavy (non-hydrogen) atoms. The molecular formula is C15H31N. The summed E-state index contributed by atoms with van der Waals surface area (Å²) in [6, 6.07) is 0.496. The normalized spacial score (nSPS) is 30.2. The van der Waals surface area contributed by atoms with Crippen LogP contribution in [0, 0.1) is 17.8 Å². The zero-order valence-corrected chi connectivity index (χ0v) is 11.5. The van der Waals surface area contributed by atoms with Gasteiger partial charge in [0.2, 0.25) is 0 Å². The van der Waals surface area contributed by atoms with Gasteiger partial charge in [-0.3, -0.25) is 0 Å². The maximum absolute atomic E-state index is 6.20. The molecule has 1 heteroatoms. The van der Waals surface area contributed by atoms with Gasteiger partial charge in [-0.05, 0) is 37.0 Å². The van der Waals surface area contributed by atoms with Crippen molar-refractivity contribution in [2.24, 2.45) is 23.5 Å². The van der Waals surface area contributed by atoms with E-state index in [0.717, 1.165) is 17.8 Å². The average molecular weight is 225 g/mol. The van der Waals surface area contributed by atoms with Gasteiger partial charge in [0.05, 0.1) is 0 Å². The second kappa shape index (κ2) is 7.32. The minimum absolute atomic E-state index is 0.496. The molecule has 0 amide bonds. The van der Waals surface area contributed by atoms with E-state index in [9.17, 15) is 0 Å². The van der Waals surface area contributed by atoms with Crippen molar-refractivity contribution in [3.05, 3.63) is 0 Å². The van der Waals surface area contributed by atoms with Crippen LogP contribution in [-0.2, 0) is 0 Å². The molecule has 3 atom stereocenters. The average Bonchev–Trinajstić information content (AvgIpc) is 2.54. The molecule has 0 heterocycles. The lowest BCUT2D eigenvalue weighted by atomic mass is 9.93. The Labute approximate surface area is 102 Å². The van der Waals surface area contributed by atoms with Gasteiger partial charge in [-0.1, -0.05) is 52.9 Å². The summed E-state index contributed by atoms with van der Waals surface area (Å²) in [5, 5.41) is 0. The number of hydrogen-bond donors (Lipinski definition) is 1. The predicted molar refractivity (Wildman–Crippen MR) is 72.4 cm³/mol. The smallest absolute Gasteiger partial charge is 0.00930 e. The Bertz CT molecular complexity index is 176.